The van der Waals surface area contributed by atoms with Crippen LogP contribution in [0.1, 0.15) is 6.92 Å². The Hall–Kier alpha value is 0.700. The monoisotopic (exact) mass is 133 g/mol. The Morgan fingerprint density at radius 3 is 2.00 bits per heavy atom. The van der Waals surface area contributed by atoms with Crippen LogP contribution < -0.4 is 0 Å². The summed E-state index contributed by atoms with van der Waals surface area (Å²) in [5.41, 5.74) is 0. The predicted octanol–water partition coefficient (Wildman–Crippen LogP) is 2.02. The topological polar surface area (TPSA) is 0 Å². The van der Waals surface area contributed by atoms with E-state index < -0.39 is 0 Å². The maximum atomic E-state index is 4.00. The van der Waals surface area contributed by atoms with Gasteiger partial charge in [0.05, 0.1) is 4.08 Å². The van der Waals surface area contributed by atoms with Crippen molar-refractivity contribution in [3.8, 4) is 0 Å². The molecule has 0 aliphatic carbocycles. The van der Waals surface area contributed by atoms with Gasteiger partial charge in [0.2, 0.25) is 0 Å². The predicted molar refractivity (Wildman–Crippen MR) is 38.7 cm³/mol. The molecule has 0 spiro atoms. The van der Waals surface area contributed by atoms with Crippen molar-refractivity contribution in [2.75, 3.05) is 11.5 Å². The van der Waals surface area contributed by atoms with Gasteiger partial charge < -0.3 is 0 Å². The third-order valence-electron chi connectivity index (χ3n) is 0.898. The Bertz CT molecular complexity index is 60.5. The summed E-state index contributed by atoms with van der Waals surface area (Å²) in [6.07, 6.45) is 0. The summed E-state index contributed by atoms with van der Waals surface area (Å²) in [6.45, 7) is 6.17. The molecule has 0 aromatic rings. The highest BCUT2D eigenvalue weighted by atomic mass is 32.2. The molecule has 41 valence electrons. The lowest BCUT2D eigenvalue weighted by molar-refractivity contribution is 1.17. The maximum Gasteiger partial charge on any atom is 0.0584 e. The Balaban J connectivity index is 2.40. The summed E-state index contributed by atoms with van der Waals surface area (Å²) in [5.74, 6) is 2.56. The molecule has 1 heterocycles. The molecule has 0 nitrogen and oxygen atoms in total. The molecule has 0 bridgehead atoms. The van der Waals surface area contributed by atoms with Gasteiger partial charge in [-0.1, -0.05) is 0 Å². The maximum absolute atomic E-state index is 4.00. The van der Waals surface area contributed by atoms with Crippen molar-refractivity contribution in [1.29, 1.82) is 0 Å². The van der Waals surface area contributed by atoms with Gasteiger partial charge >= 0.3 is 0 Å². The summed E-state index contributed by atoms with van der Waals surface area (Å²) >= 11 is 3.90. The minimum absolute atomic E-state index is 0.278. The molecule has 0 atom stereocenters. The minimum Gasteiger partial charge on any atom is -0.144 e. The highest BCUT2D eigenvalue weighted by molar-refractivity contribution is 8.21. The summed E-state index contributed by atoms with van der Waals surface area (Å²) < 4.78 is 0.278. The summed E-state index contributed by atoms with van der Waals surface area (Å²) in [4.78, 5) is 0. The van der Waals surface area contributed by atoms with E-state index in [0.29, 0.717) is 0 Å². The lowest BCUT2D eigenvalue weighted by Gasteiger charge is -2.11. The zero-order chi connectivity index (χ0) is 5.33. The fourth-order valence-electron chi connectivity index (χ4n) is 0.557. The zero-order valence-electron chi connectivity index (χ0n) is 4.44. The molecule has 1 aliphatic heterocycles. The molecule has 0 aromatic carbocycles. The Labute approximate surface area is 53.4 Å². The summed E-state index contributed by atoms with van der Waals surface area (Å²) in [5, 5.41) is 0. The lowest BCUT2D eigenvalue weighted by Crippen LogP contribution is -2.01. The van der Waals surface area contributed by atoms with Crippen molar-refractivity contribution in [3.05, 3.63) is 6.92 Å². The molecule has 1 rings (SSSR count). The molecule has 0 amide bonds. The van der Waals surface area contributed by atoms with Gasteiger partial charge in [0.1, 0.15) is 0 Å². The van der Waals surface area contributed by atoms with E-state index in [4.69, 9.17) is 0 Å². The normalized spacial score (nSPS) is 28.3. The molecule has 1 fully saturated rings. The van der Waals surface area contributed by atoms with E-state index in [9.17, 15) is 0 Å². The third-order valence-corrected chi connectivity index (χ3v) is 3.90. The van der Waals surface area contributed by atoms with Crippen molar-refractivity contribution in [2.45, 2.75) is 11.0 Å². The summed E-state index contributed by atoms with van der Waals surface area (Å²) in [6, 6.07) is 0. The van der Waals surface area contributed by atoms with Crippen LogP contribution in [0.2, 0.25) is 0 Å². The number of hydrogen-bond donors (Lipinski definition) is 0. The zero-order valence-corrected chi connectivity index (χ0v) is 6.07. The molecule has 7 heavy (non-hydrogen) atoms. The van der Waals surface area contributed by atoms with E-state index in [0.717, 1.165) is 0 Å². The van der Waals surface area contributed by atoms with Crippen LogP contribution in [0.5, 0.6) is 0 Å². The van der Waals surface area contributed by atoms with Gasteiger partial charge in [0.15, 0.2) is 0 Å². The second-order valence-electron chi connectivity index (χ2n) is 1.83. The van der Waals surface area contributed by atoms with Crippen LogP contribution in [0.4, 0.5) is 0 Å². The summed E-state index contributed by atoms with van der Waals surface area (Å²) in [7, 11) is 0. The molecular weight excluding hydrogens is 124 g/mol. The van der Waals surface area contributed by atoms with E-state index in [1.54, 1.807) is 0 Å². The standard InChI is InChI=1S/C5H9S2/c1-5(2)6-3-4-7-5/h1,3-4H2,2H3. The van der Waals surface area contributed by atoms with Gasteiger partial charge in [-0.2, -0.15) is 0 Å². The van der Waals surface area contributed by atoms with E-state index in [1.807, 2.05) is 23.5 Å². The van der Waals surface area contributed by atoms with Crippen molar-refractivity contribution in [1.82, 2.24) is 0 Å². The van der Waals surface area contributed by atoms with Crippen molar-refractivity contribution in [3.63, 3.8) is 0 Å². The van der Waals surface area contributed by atoms with Crippen LogP contribution in [0, 0.1) is 6.92 Å². The van der Waals surface area contributed by atoms with Gasteiger partial charge in [0, 0.05) is 11.5 Å². The van der Waals surface area contributed by atoms with Crippen molar-refractivity contribution >= 4 is 23.5 Å². The minimum atomic E-state index is 0.278. The van der Waals surface area contributed by atoms with Crippen LogP contribution >= 0.6 is 23.5 Å². The largest absolute Gasteiger partial charge is 0.144 e. The molecule has 0 aromatic heterocycles. The van der Waals surface area contributed by atoms with Gasteiger partial charge in [-0.25, -0.2) is 0 Å². The molecule has 1 radical (unpaired) electrons. The number of thioether (sulfide) groups is 2. The van der Waals surface area contributed by atoms with Crippen LogP contribution in [-0.4, -0.2) is 15.6 Å². The smallest absolute Gasteiger partial charge is 0.0584 e. The van der Waals surface area contributed by atoms with Crippen LogP contribution in [0.25, 0.3) is 0 Å². The van der Waals surface area contributed by atoms with E-state index in [2.05, 4.69) is 13.8 Å². The molecule has 0 N–H and O–H groups in total. The van der Waals surface area contributed by atoms with Gasteiger partial charge in [-0.3, -0.25) is 0 Å². The van der Waals surface area contributed by atoms with Gasteiger partial charge in [0.25, 0.3) is 0 Å². The molecule has 0 saturated carbocycles. The third kappa shape index (κ3) is 1.57. The van der Waals surface area contributed by atoms with Crippen molar-refractivity contribution in [2.24, 2.45) is 0 Å². The molecule has 0 unspecified atom stereocenters. The quantitative estimate of drug-likeness (QED) is 0.496. The Kier molecular flexibility index (Phi) is 1.58. The first kappa shape index (κ1) is 5.83. The van der Waals surface area contributed by atoms with E-state index in [1.165, 1.54) is 11.5 Å². The number of hydrogen-bond acceptors (Lipinski definition) is 2. The van der Waals surface area contributed by atoms with E-state index in [-0.39, 0.29) is 4.08 Å². The number of rotatable bonds is 0. The van der Waals surface area contributed by atoms with Crippen molar-refractivity contribution < 1.29 is 0 Å². The SMILES string of the molecule is [CH2]C1(C)SCCS1. The second kappa shape index (κ2) is 1.90. The average molecular weight is 133 g/mol. The average Bonchev–Trinajstić information content (AvgIpc) is 1.84. The second-order valence-corrected chi connectivity index (χ2v) is 5.29. The lowest BCUT2D eigenvalue weighted by atomic mass is 10.5. The van der Waals surface area contributed by atoms with Crippen LogP contribution in [0.15, 0.2) is 0 Å². The fourth-order valence-corrected chi connectivity index (χ4v) is 2.92. The highest BCUT2D eigenvalue weighted by Crippen LogP contribution is 2.42. The molecule has 1 aliphatic rings. The fraction of sp³-hybridized carbons (Fsp3) is 0.800. The van der Waals surface area contributed by atoms with Crippen LogP contribution in [0.3, 0.4) is 0 Å². The van der Waals surface area contributed by atoms with Crippen LogP contribution in [-0.2, 0) is 0 Å². The van der Waals surface area contributed by atoms with Gasteiger partial charge in [-0.05, 0) is 13.8 Å². The van der Waals surface area contributed by atoms with Gasteiger partial charge in [-0.15, -0.1) is 23.5 Å². The molecule has 2 heteroatoms. The Morgan fingerprint density at radius 2 is 1.86 bits per heavy atom. The highest BCUT2D eigenvalue weighted by Gasteiger charge is 2.23. The first-order valence-corrected chi connectivity index (χ1v) is 4.31. The molecular formula is C5H9S2. The first-order valence-electron chi connectivity index (χ1n) is 2.34. The first-order chi connectivity index (χ1) is 3.21. The Morgan fingerprint density at radius 1 is 1.43 bits per heavy atom. The molecule has 1 saturated heterocycles. The van der Waals surface area contributed by atoms with E-state index >= 15 is 0 Å².